The highest BCUT2D eigenvalue weighted by Gasteiger charge is 2.45. The van der Waals surface area contributed by atoms with Crippen LogP contribution in [0.5, 0.6) is 0 Å². The van der Waals surface area contributed by atoms with Crippen LogP contribution in [0.1, 0.15) is 33.3 Å². The summed E-state index contributed by atoms with van der Waals surface area (Å²) in [4.78, 5) is 0. The van der Waals surface area contributed by atoms with Crippen LogP contribution in [0.15, 0.2) is 30.3 Å². The highest BCUT2D eigenvalue weighted by molar-refractivity contribution is 7.54. The Morgan fingerprint density at radius 1 is 1.20 bits per heavy atom. The molecule has 1 heterocycles. The lowest BCUT2D eigenvalue weighted by Gasteiger charge is -2.38. The van der Waals surface area contributed by atoms with E-state index >= 15 is 0 Å². The standard InChI is InChI=1S/C15H25N2O2P/c1-13(2)17(14(3)4)20(18)16(10-11-19-20)12-15-8-6-5-7-9-15/h5-9,13-14H,10-12H2,1-4H3. The molecule has 1 aromatic rings. The van der Waals surface area contributed by atoms with E-state index < -0.39 is 7.67 Å². The van der Waals surface area contributed by atoms with Crippen LogP contribution in [-0.4, -0.2) is 34.6 Å². The summed E-state index contributed by atoms with van der Waals surface area (Å²) in [5.41, 5.74) is 1.17. The summed E-state index contributed by atoms with van der Waals surface area (Å²) < 4.78 is 23.1. The minimum absolute atomic E-state index is 0.192. The second kappa shape index (κ2) is 6.40. The number of rotatable bonds is 5. The normalized spacial score (nSPS) is 24.1. The summed E-state index contributed by atoms with van der Waals surface area (Å²) in [6.07, 6.45) is 0. The molecule has 0 N–H and O–H groups in total. The summed E-state index contributed by atoms with van der Waals surface area (Å²) >= 11 is 0. The number of hydrogen-bond donors (Lipinski definition) is 0. The van der Waals surface area contributed by atoms with Crippen molar-refractivity contribution in [3.8, 4) is 0 Å². The van der Waals surface area contributed by atoms with Crippen LogP contribution in [0, 0.1) is 0 Å². The summed E-state index contributed by atoms with van der Waals surface area (Å²) in [6, 6.07) is 10.5. The van der Waals surface area contributed by atoms with Crippen molar-refractivity contribution < 1.29 is 9.09 Å². The predicted octanol–water partition coefficient (Wildman–Crippen LogP) is 3.75. The molecule has 1 fully saturated rings. The molecular weight excluding hydrogens is 271 g/mol. The molecule has 0 amide bonds. The van der Waals surface area contributed by atoms with Crippen molar-refractivity contribution in [1.82, 2.24) is 9.34 Å². The van der Waals surface area contributed by atoms with Gasteiger partial charge in [-0.15, -0.1) is 0 Å². The summed E-state index contributed by atoms with van der Waals surface area (Å²) in [5, 5.41) is 0. The van der Waals surface area contributed by atoms with Crippen LogP contribution in [0.3, 0.4) is 0 Å². The van der Waals surface area contributed by atoms with Crippen molar-refractivity contribution in [1.29, 1.82) is 0 Å². The van der Waals surface area contributed by atoms with Gasteiger partial charge in [-0.1, -0.05) is 30.3 Å². The third kappa shape index (κ3) is 3.15. The average molecular weight is 296 g/mol. The third-order valence-electron chi connectivity index (χ3n) is 3.52. The van der Waals surface area contributed by atoms with E-state index in [4.69, 9.17) is 4.52 Å². The lowest BCUT2D eigenvalue weighted by molar-refractivity contribution is 0.224. The first-order valence-corrected chi connectivity index (χ1v) is 8.81. The highest BCUT2D eigenvalue weighted by Crippen LogP contribution is 2.59. The summed E-state index contributed by atoms with van der Waals surface area (Å²) in [6.45, 7) is 10.2. The molecule has 1 unspecified atom stereocenters. The maximum atomic E-state index is 13.4. The van der Waals surface area contributed by atoms with Crippen LogP contribution in [-0.2, 0) is 15.6 Å². The van der Waals surface area contributed by atoms with Gasteiger partial charge in [0.15, 0.2) is 0 Å². The minimum atomic E-state index is -2.90. The molecule has 1 aromatic carbocycles. The van der Waals surface area contributed by atoms with E-state index in [2.05, 4.69) is 39.8 Å². The second-order valence-electron chi connectivity index (χ2n) is 5.77. The summed E-state index contributed by atoms with van der Waals surface area (Å²) in [7, 11) is -2.90. The molecule has 0 aliphatic carbocycles. The molecule has 0 saturated carbocycles. The van der Waals surface area contributed by atoms with Gasteiger partial charge in [0.25, 0.3) is 0 Å². The molecule has 0 spiro atoms. The van der Waals surface area contributed by atoms with E-state index in [-0.39, 0.29) is 12.1 Å². The van der Waals surface area contributed by atoms with Gasteiger partial charge in [-0.3, -0.25) is 4.57 Å². The zero-order valence-electron chi connectivity index (χ0n) is 12.8. The maximum absolute atomic E-state index is 13.4. The third-order valence-corrected chi connectivity index (χ3v) is 6.61. The smallest absolute Gasteiger partial charge is 0.304 e. The SMILES string of the molecule is CC(C)N(C(C)C)P1(=O)OCCN1Cc1ccccc1. The largest absolute Gasteiger partial charge is 0.346 e. The van der Waals surface area contributed by atoms with Crippen molar-refractivity contribution in [2.45, 2.75) is 46.3 Å². The molecule has 1 aliphatic rings. The van der Waals surface area contributed by atoms with Gasteiger partial charge in [0.05, 0.1) is 6.61 Å². The highest BCUT2D eigenvalue weighted by atomic mass is 31.2. The van der Waals surface area contributed by atoms with Crippen LogP contribution < -0.4 is 0 Å². The van der Waals surface area contributed by atoms with Crippen molar-refractivity contribution >= 4 is 7.67 Å². The minimum Gasteiger partial charge on any atom is -0.304 e. The van der Waals surface area contributed by atoms with Gasteiger partial charge in [0, 0.05) is 25.2 Å². The van der Waals surface area contributed by atoms with Gasteiger partial charge >= 0.3 is 7.67 Å². The molecule has 112 valence electrons. The van der Waals surface area contributed by atoms with E-state index in [0.717, 1.165) is 6.54 Å². The predicted molar refractivity (Wildman–Crippen MR) is 82.5 cm³/mol. The van der Waals surface area contributed by atoms with Gasteiger partial charge in [-0.05, 0) is 33.3 Å². The molecule has 2 rings (SSSR count). The second-order valence-corrected chi connectivity index (χ2v) is 8.03. The Bertz CT molecular complexity index is 468. The lowest BCUT2D eigenvalue weighted by Crippen LogP contribution is -2.38. The van der Waals surface area contributed by atoms with E-state index in [9.17, 15) is 4.57 Å². The van der Waals surface area contributed by atoms with Gasteiger partial charge in [-0.25, -0.2) is 9.34 Å². The number of benzene rings is 1. The van der Waals surface area contributed by atoms with E-state index in [1.54, 1.807) is 0 Å². The number of nitrogens with zero attached hydrogens (tertiary/aromatic N) is 2. The Labute approximate surface area is 122 Å². The molecule has 1 aliphatic heterocycles. The van der Waals surface area contributed by atoms with Crippen molar-refractivity contribution in [3.63, 3.8) is 0 Å². The van der Waals surface area contributed by atoms with Gasteiger partial charge in [0.2, 0.25) is 0 Å². The average Bonchev–Trinajstić information content (AvgIpc) is 2.71. The van der Waals surface area contributed by atoms with Crippen molar-refractivity contribution in [2.75, 3.05) is 13.2 Å². The zero-order valence-corrected chi connectivity index (χ0v) is 13.7. The summed E-state index contributed by atoms with van der Waals surface area (Å²) in [5.74, 6) is 0. The fourth-order valence-electron chi connectivity index (χ4n) is 2.83. The quantitative estimate of drug-likeness (QED) is 0.775. The molecule has 1 saturated heterocycles. The molecule has 0 radical (unpaired) electrons. The van der Waals surface area contributed by atoms with Gasteiger partial charge in [-0.2, -0.15) is 0 Å². The molecule has 0 aromatic heterocycles. The first kappa shape index (κ1) is 15.7. The van der Waals surface area contributed by atoms with Crippen LogP contribution in [0.25, 0.3) is 0 Å². The fraction of sp³-hybridized carbons (Fsp3) is 0.600. The number of hydrogen-bond acceptors (Lipinski definition) is 2. The molecule has 4 nitrogen and oxygen atoms in total. The first-order chi connectivity index (χ1) is 9.45. The zero-order chi connectivity index (χ0) is 14.8. The Morgan fingerprint density at radius 2 is 1.80 bits per heavy atom. The van der Waals surface area contributed by atoms with Crippen molar-refractivity contribution in [2.24, 2.45) is 0 Å². The maximum Gasteiger partial charge on any atom is 0.346 e. The molecular formula is C15H25N2O2P. The molecule has 0 bridgehead atoms. The van der Waals surface area contributed by atoms with Crippen LogP contribution in [0.2, 0.25) is 0 Å². The van der Waals surface area contributed by atoms with Crippen molar-refractivity contribution in [3.05, 3.63) is 35.9 Å². The lowest BCUT2D eigenvalue weighted by atomic mass is 10.2. The Hall–Kier alpha value is -0.670. The van der Waals surface area contributed by atoms with E-state index in [0.29, 0.717) is 13.2 Å². The van der Waals surface area contributed by atoms with Crippen LogP contribution in [0.4, 0.5) is 0 Å². The topological polar surface area (TPSA) is 32.8 Å². The van der Waals surface area contributed by atoms with Gasteiger partial charge in [0.1, 0.15) is 0 Å². The van der Waals surface area contributed by atoms with Crippen LogP contribution >= 0.6 is 7.67 Å². The molecule has 1 atom stereocenters. The first-order valence-electron chi connectivity index (χ1n) is 7.28. The Kier molecular flexibility index (Phi) is 5.03. The van der Waals surface area contributed by atoms with E-state index in [1.807, 2.05) is 27.5 Å². The van der Waals surface area contributed by atoms with Gasteiger partial charge < -0.3 is 4.52 Å². The molecule has 5 heteroatoms. The fourth-order valence-corrected chi connectivity index (χ4v) is 5.58. The van der Waals surface area contributed by atoms with E-state index in [1.165, 1.54) is 5.56 Å². The Morgan fingerprint density at radius 3 is 2.35 bits per heavy atom. The monoisotopic (exact) mass is 296 g/mol. The molecule has 20 heavy (non-hydrogen) atoms. The Balaban J connectivity index is 2.23.